The fraction of sp³-hybridized carbons (Fsp3) is 0.800. The molecule has 25 heavy (non-hydrogen) atoms. The van der Waals surface area contributed by atoms with E-state index in [1.165, 1.54) is 0 Å². The van der Waals surface area contributed by atoms with Gasteiger partial charge >= 0.3 is 0 Å². The molecule has 1 unspecified atom stereocenters. The second-order valence-corrected chi connectivity index (χ2v) is 13.6. The summed E-state index contributed by atoms with van der Waals surface area (Å²) in [7, 11) is -1.85. The van der Waals surface area contributed by atoms with E-state index in [0.717, 1.165) is 49.9 Å². The molecule has 5 heteroatoms. The summed E-state index contributed by atoms with van der Waals surface area (Å²) >= 11 is 0. The van der Waals surface area contributed by atoms with E-state index in [1.54, 1.807) is 0 Å². The Morgan fingerprint density at radius 2 is 2.04 bits per heavy atom. The minimum atomic E-state index is -1.85. The van der Waals surface area contributed by atoms with E-state index in [-0.39, 0.29) is 30.1 Å². The van der Waals surface area contributed by atoms with Gasteiger partial charge in [-0.25, -0.2) is 0 Å². The summed E-state index contributed by atoms with van der Waals surface area (Å²) in [6, 6.07) is 0. The van der Waals surface area contributed by atoms with Crippen molar-refractivity contribution in [1.29, 1.82) is 0 Å². The van der Waals surface area contributed by atoms with Crippen LogP contribution < -0.4 is 0 Å². The molecule has 0 amide bonds. The quantitative estimate of drug-likeness (QED) is 0.723. The minimum Gasteiger partial charge on any atom is -0.413 e. The molecule has 1 heterocycles. The van der Waals surface area contributed by atoms with Crippen LogP contribution in [-0.2, 0) is 13.9 Å². The highest BCUT2D eigenvalue weighted by molar-refractivity contribution is 6.74. The molecule has 0 aromatic carbocycles. The number of hydrogen-bond acceptors (Lipinski definition) is 4. The van der Waals surface area contributed by atoms with Crippen molar-refractivity contribution in [1.82, 2.24) is 0 Å². The molecular formula is C20H36O4Si. The molecule has 2 rings (SSSR count). The molecule has 1 saturated carbocycles. The van der Waals surface area contributed by atoms with Crippen LogP contribution >= 0.6 is 0 Å². The van der Waals surface area contributed by atoms with Crippen molar-refractivity contribution in [3.05, 3.63) is 23.8 Å². The van der Waals surface area contributed by atoms with Crippen LogP contribution in [0.15, 0.2) is 23.8 Å². The van der Waals surface area contributed by atoms with Gasteiger partial charge in [0.15, 0.2) is 14.6 Å². The average molecular weight is 369 g/mol. The van der Waals surface area contributed by atoms with E-state index in [4.69, 9.17) is 13.9 Å². The Hall–Kier alpha value is -0.463. The van der Waals surface area contributed by atoms with Crippen LogP contribution in [0.4, 0.5) is 0 Å². The normalized spacial score (nSPS) is 30.7. The second-order valence-electron chi connectivity index (χ2n) is 8.80. The maximum atomic E-state index is 9.38. The molecule has 0 spiro atoms. The Balaban J connectivity index is 2.10. The van der Waals surface area contributed by atoms with E-state index >= 15 is 0 Å². The minimum absolute atomic E-state index is 0.0216. The Morgan fingerprint density at radius 1 is 1.32 bits per heavy atom. The van der Waals surface area contributed by atoms with Crippen LogP contribution in [0.3, 0.4) is 0 Å². The van der Waals surface area contributed by atoms with Gasteiger partial charge in [-0.15, -0.1) is 0 Å². The first-order valence-corrected chi connectivity index (χ1v) is 12.5. The molecule has 1 N–H and O–H groups in total. The van der Waals surface area contributed by atoms with Gasteiger partial charge in [-0.05, 0) is 55.0 Å². The van der Waals surface area contributed by atoms with Gasteiger partial charge in [0.25, 0.3) is 0 Å². The van der Waals surface area contributed by atoms with Crippen molar-refractivity contribution < 1.29 is 19.0 Å². The third kappa shape index (κ3) is 5.50. The molecule has 0 aromatic rings. The topological polar surface area (TPSA) is 47.9 Å². The summed E-state index contributed by atoms with van der Waals surface area (Å²) in [4.78, 5) is 0. The number of rotatable bonds is 5. The highest BCUT2D eigenvalue weighted by Crippen LogP contribution is 2.41. The number of aliphatic hydroxyl groups excluding tert-OH is 1. The fourth-order valence-corrected chi connectivity index (χ4v) is 4.56. The van der Waals surface area contributed by atoms with Gasteiger partial charge in [-0.2, -0.15) is 0 Å². The van der Waals surface area contributed by atoms with Crippen LogP contribution in [0.1, 0.15) is 52.9 Å². The van der Waals surface area contributed by atoms with E-state index in [1.807, 2.05) is 6.08 Å². The highest BCUT2D eigenvalue weighted by Gasteiger charge is 2.41. The van der Waals surface area contributed by atoms with Gasteiger partial charge in [0.05, 0.1) is 18.8 Å². The van der Waals surface area contributed by atoms with E-state index < -0.39 is 8.32 Å². The van der Waals surface area contributed by atoms with Gasteiger partial charge in [0, 0.05) is 13.0 Å². The van der Waals surface area contributed by atoms with Crippen LogP contribution in [0, 0.1) is 0 Å². The summed E-state index contributed by atoms with van der Waals surface area (Å²) in [5, 5.41) is 9.55. The van der Waals surface area contributed by atoms with Gasteiger partial charge in [0.2, 0.25) is 0 Å². The van der Waals surface area contributed by atoms with Gasteiger partial charge < -0.3 is 19.0 Å². The van der Waals surface area contributed by atoms with Crippen molar-refractivity contribution in [2.45, 2.75) is 89.5 Å². The summed E-state index contributed by atoms with van der Waals surface area (Å²) in [5.74, 6) is 0. The van der Waals surface area contributed by atoms with Gasteiger partial charge in [0.1, 0.15) is 0 Å². The Bertz CT molecular complexity index is 486. The smallest absolute Gasteiger partial charge is 0.192 e. The average Bonchev–Trinajstić information content (AvgIpc) is 2.51. The molecule has 2 fully saturated rings. The Kier molecular flexibility index (Phi) is 7.07. The zero-order valence-corrected chi connectivity index (χ0v) is 17.6. The van der Waals surface area contributed by atoms with Crippen LogP contribution in [-0.4, -0.2) is 45.1 Å². The lowest BCUT2D eigenvalue weighted by molar-refractivity contribution is -0.185. The largest absolute Gasteiger partial charge is 0.413 e. The van der Waals surface area contributed by atoms with Crippen molar-refractivity contribution >= 4 is 8.32 Å². The maximum absolute atomic E-state index is 9.38. The third-order valence-corrected chi connectivity index (χ3v) is 10.3. The zero-order chi connectivity index (χ0) is 18.7. The fourth-order valence-electron chi connectivity index (χ4n) is 3.19. The lowest BCUT2D eigenvalue weighted by Crippen LogP contribution is -2.46. The molecular weight excluding hydrogens is 332 g/mol. The van der Waals surface area contributed by atoms with E-state index in [2.05, 4.69) is 40.4 Å². The summed E-state index contributed by atoms with van der Waals surface area (Å²) in [5.41, 5.74) is 2.04. The first-order valence-electron chi connectivity index (χ1n) is 9.58. The monoisotopic (exact) mass is 368 g/mol. The Labute approximate surface area is 154 Å². The molecule has 1 aliphatic heterocycles. The number of aliphatic hydroxyl groups is 1. The van der Waals surface area contributed by atoms with Crippen LogP contribution in [0.2, 0.25) is 18.1 Å². The van der Waals surface area contributed by atoms with E-state index in [9.17, 15) is 5.11 Å². The molecule has 0 aromatic heterocycles. The second kappa shape index (κ2) is 8.48. The van der Waals surface area contributed by atoms with Crippen molar-refractivity contribution in [3.8, 4) is 0 Å². The van der Waals surface area contributed by atoms with E-state index in [0.29, 0.717) is 0 Å². The Morgan fingerprint density at radius 3 is 2.60 bits per heavy atom. The predicted molar refractivity (Wildman–Crippen MR) is 104 cm³/mol. The first-order chi connectivity index (χ1) is 11.6. The molecule has 2 aliphatic rings. The zero-order valence-electron chi connectivity index (χ0n) is 16.6. The summed E-state index contributed by atoms with van der Waals surface area (Å²) in [6.07, 6.45) is 6.54. The lowest BCUT2D eigenvalue weighted by Gasteiger charge is -2.43. The molecule has 0 bridgehead atoms. The molecule has 4 nitrogen and oxygen atoms in total. The van der Waals surface area contributed by atoms with Crippen molar-refractivity contribution in [3.63, 3.8) is 0 Å². The van der Waals surface area contributed by atoms with Gasteiger partial charge in [-0.1, -0.05) is 33.4 Å². The third-order valence-electron chi connectivity index (χ3n) is 5.78. The molecule has 0 radical (unpaired) electrons. The van der Waals surface area contributed by atoms with Gasteiger partial charge in [-0.3, -0.25) is 0 Å². The standard InChI is InChI=1S/C20H36O4Si/c1-15-16(10-11-21)13-17(24-25(5,6)20(2,3)4)14-18(15)23-19-9-7-8-12-22-19/h10,17-19,21H,1,7-9,11-14H2,2-6H3/b16-10-/t17-,18+,19?/m1/s1. The SMILES string of the molecule is C=C1/C(=C\CO)C[C@@H](O[Si](C)(C)C(C)(C)C)C[C@@H]1OC1CCCCO1. The highest BCUT2D eigenvalue weighted by atomic mass is 28.4. The predicted octanol–water partition coefficient (Wildman–Crippen LogP) is 4.56. The molecule has 1 saturated heterocycles. The summed E-state index contributed by atoms with van der Waals surface area (Å²) in [6.45, 7) is 16.4. The molecule has 1 aliphatic carbocycles. The van der Waals surface area contributed by atoms with Crippen molar-refractivity contribution in [2.24, 2.45) is 0 Å². The van der Waals surface area contributed by atoms with Crippen LogP contribution in [0.5, 0.6) is 0 Å². The van der Waals surface area contributed by atoms with Crippen LogP contribution in [0.25, 0.3) is 0 Å². The lowest BCUT2D eigenvalue weighted by atomic mass is 9.86. The summed E-state index contributed by atoms with van der Waals surface area (Å²) < 4.78 is 18.6. The molecule has 144 valence electrons. The number of hydrogen-bond donors (Lipinski definition) is 1. The first kappa shape index (κ1) is 20.8. The van der Waals surface area contributed by atoms with Crippen molar-refractivity contribution in [2.75, 3.05) is 13.2 Å². The molecule has 3 atom stereocenters. The maximum Gasteiger partial charge on any atom is 0.192 e. The number of ether oxygens (including phenoxy) is 2.